The van der Waals surface area contributed by atoms with Gasteiger partial charge in [0.1, 0.15) is 75.9 Å². The van der Waals surface area contributed by atoms with Gasteiger partial charge in [0.05, 0.1) is 39.6 Å². The Morgan fingerprint density at radius 3 is 0.913 bits per heavy atom. The van der Waals surface area contributed by atoms with Gasteiger partial charge in [-0.2, -0.15) is 182 Å². The highest BCUT2D eigenvalue weighted by atomic mass is 32.3. The summed E-state index contributed by atoms with van der Waals surface area (Å²) in [5, 5.41) is -9.94. The van der Waals surface area contributed by atoms with E-state index in [4.69, 9.17) is 48.9 Å². The molecule has 0 amide bonds. The molecule has 3 saturated heterocycles. The standard InChI is InChI=1S/C17H17F15O9S.C11H16F6O6S.C9H7F9O4.C8H10F6O5S.C4H10O.BF3.3O2S/c1-11(6-37-10(33)16(28,17(29,30)31)41-13(22,23)4-12(19,20)21)39-8(2-36-7-15(26,27)42(32,34)35)9(40-11)3-38-14(24,25)5-18;1-9(2)22-7(3-20-6-11(15,16)24(17,18)19)8(23-9)4-21-10(13,14)5-12;1-4(19)2-21-5(20)8(15,9(16,17)18)22-7(13,14)3-6(10,11)12;9-3-7(10,11)17-1-5-6(19-5)2-18-8(12,13)4-20(14,15)16;1-3-5-4-2;2-1(3)4;3*1-3-2/h8-9H,2-7H2,1H3;7-8H,3-6H2,1-2H3;2-3H2,1H3;5-6H,1-4H2;3-4H2,1-2H3;;;;. The van der Waals surface area contributed by atoms with E-state index in [1.165, 1.54) is 13.8 Å². The van der Waals surface area contributed by atoms with Crippen LogP contribution >= 0.6 is 0 Å². The molecule has 0 bridgehead atoms. The summed E-state index contributed by atoms with van der Waals surface area (Å²) in [6.45, 7) is -10.2. The summed E-state index contributed by atoms with van der Waals surface area (Å²) < 4.78 is 661. The summed E-state index contributed by atoms with van der Waals surface area (Å²) in [4.78, 5) is 33.0. The second-order valence-corrected chi connectivity index (χ2v) is 27.5. The molecule has 3 aliphatic rings. The molecule has 31 nitrogen and oxygen atoms in total. The monoisotopic (exact) mass is 2090 g/mol. The smallest absolute Gasteiger partial charge is 0.455 e. The lowest BCUT2D eigenvalue weighted by Crippen LogP contribution is -2.56. The molecular formula is C49H60BF39O31S6. The van der Waals surface area contributed by atoms with Gasteiger partial charge in [0.15, 0.2) is 37.3 Å². The molecule has 3 heterocycles. The predicted octanol–water partition coefficient (Wildman–Crippen LogP) is 10.4. The van der Waals surface area contributed by atoms with Crippen molar-refractivity contribution in [3.05, 3.63) is 0 Å². The van der Waals surface area contributed by atoms with Crippen LogP contribution in [0.1, 0.15) is 54.4 Å². The largest absolute Gasteiger partial charge is 0.762 e. The first-order valence-electron chi connectivity index (χ1n) is 30.7. The third kappa shape index (κ3) is 59.2. The molecule has 0 saturated carbocycles. The summed E-state index contributed by atoms with van der Waals surface area (Å²) >= 11 is -2.25. The Labute approximate surface area is 690 Å². The Morgan fingerprint density at radius 1 is 0.405 bits per heavy atom. The molecule has 3 fully saturated rings. The number of esters is 2. The molecule has 3 rings (SSSR count). The highest BCUT2D eigenvalue weighted by Gasteiger charge is 2.72. The number of alkyl halides is 33. The highest BCUT2D eigenvalue weighted by Crippen LogP contribution is 2.46. The average Bonchev–Trinajstić information content (AvgIpc) is 1.07. The fourth-order valence-electron chi connectivity index (χ4n) is 6.87. The summed E-state index contributed by atoms with van der Waals surface area (Å²) in [6.07, 6.45) is -68.8. The first kappa shape index (κ1) is 131. The van der Waals surface area contributed by atoms with Gasteiger partial charge in [-0.25, -0.2) is 22.8 Å². The quantitative estimate of drug-likeness (QED) is 0.0180. The molecule has 9 unspecified atom stereocenters. The number of hydrogen-bond acceptors (Lipinski definition) is 31. The van der Waals surface area contributed by atoms with Crippen LogP contribution in [0.3, 0.4) is 0 Å². The van der Waals surface area contributed by atoms with E-state index in [0.717, 1.165) is 13.2 Å². The summed E-state index contributed by atoms with van der Waals surface area (Å²) in [5.41, 5.74) is 0. The minimum Gasteiger partial charge on any atom is -0.455 e. The molecule has 0 aliphatic carbocycles. The van der Waals surface area contributed by atoms with Gasteiger partial charge in [-0.1, -0.05) is 7.77 Å². The molecule has 0 radical (unpaired) electrons. The molecule has 9 atom stereocenters. The Balaban J connectivity index is -0.000000370. The fourth-order valence-corrected chi connectivity index (χ4v) is 7.80. The Hall–Kier alpha value is -5.31. The lowest BCUT2D eigenvalue weighted by molar-refractivity contribution is -0.412. The number of hydrogen-bond donors (Lipinski definition) is 0. The van der Waals surface area contributed by atoms with Crippen LogP contribution in [-0.4, -0.2) is 313 Å². The van der Waals surface area contributed by atoms with Crippen LogP contribution in [-0.2, 0) is 156 Å². The van der Waals surface area contributed by atoms with Gasteiger partial charge in [-0.05, 0) is 41.5 Å². The lowest BCUT2D eigenvalue weighted by Gasteiger charge is -2.31. The molecule has 754 valence electrons. The Bertz CT molecular complexity index is 3650. The molecule has 3 aliphatic heterocycles. The molecule has 126 heavy (non-hydrogen) atoms. The average molecular weight is 2090 g/mol. The number of rotatable bonds is 41. The maximum atomic E-state index is 14.3. The lowest BCUT2D eigenvalue weighted by atomic mass is 10.2. The molecule has 0 spiro atoms. The van der Waals surface area contributed by atoms with Gasteiger partial charge in [0.25, 0.3) is 0 Å². The van der Waals surface area contributed by atoms with Gasteiger partial charge in [0.2, 0.25) is 5.79 Å². The zero-order chi connectivity index (χ0) is 101. The zero-order valence-electron chi connectivity index (χ0n) is 62.1. The van der Waals surface area contributed by atoms with E-state index in [0.29, 0.717) is 13.8 Å². The number of carbonyl (C=O) groups is 3. The van der Waals surface area contributed by atoms with Crippen LogP contribution in [0.2, 0.25) is 0 Å². The van der Waals surface area contributed by atoms with Gasteiger partial charge >= 0.3 is 168 Å². The van der Waals surface area contributed by atoms with Crippen LogP contribution in [0.5, 0.6) is 0 Å². The fraction of sp³-hybridized carbons (Fsp3) is 0.939. The number of ketones is 1. The van der Waals surface area contributed by atoms with E-state index in [2.05, 4.69) is 52.1 Å². The van der Waals surface area contributed by atoms with Crippen molar-refractivity contribution in [3.63, 3.8) is 0 Å². The van der Waals surface area contributed by atoms with Gasteiger partial charge in [-0.3, -0.25) is 27.2 Å². The molecule has 0 aromatic heterocycles. The SMILES string of the molecule is CC(=O)COC(=O)C(F)(OC(F)(F)CC(F)(F)F)C(F)(F)F.CC1(C)OC(COCC(F)(F)S(=O)(=O)F)C(COC(F)(F)CF)O1.CC1(COC(=O)C(F)(OC(F)(F)CC(F)(F)F)C(F)(F)F)OC(COCC(F)(F)S(=O)(=O)F)C(COC(F)(F)CF)O1.CCOCC.FB(F)F.O=S(=O)(F)CC(F)(F)OCC1OC1COC(F)(F)CF.O=S=O.O=S=O.O=S=O. The van der Waals surface area contributed by atoms with Crippen molar-refractivity contribution < 1.29 is 310 Å². The molecule has 0 aromatic rings. The number of halogens is 39. The first-order valence-corrected chi connectivity index (χ1v) is 37.1. The van der Waals surface area contributed by atoms with E-state index >= 15 is 0 Å². The maximum absolute atomic E-state index is 14.3. The minimum atomic E-state index is -6.80. The number of Topliss-reactive ketones (excluding diaryl/α,β-unsaturated/α-hetero) is 1. The second-order valence-electron chi connectivity index (χ2n) is 22.8. The molecule has 0 aromatic carbocycles. The van der Waals surface area contributed by atoms with Crippen LogP contribution in [0.25, 0.3) is 0 Å². The number of ether oxygens (including phenoxy) is 16. The maximum Gasteiger partial charge on any atom is 0.762 e. The Morgan fingerprint density at radius 2 is 0.667 bits per heavy atom. The third-order valence-electron chi connectivity index (χ3n) is 11.6. The predicted molar refractivity (Wildman–Crippen MR) is 322 cm³/mol. The van der Waals surface area contributed by atoms with E-state index in [-0.39, 0.29) is 0 Å². The number of carbonyl (C=O) groups excluding carboxylic acids is 3. The van der Waals surface area contributed by atoms with Crippen molar-refractivity contribution in [3.8, 4) is 0 Å². The van der Waals surface area contributed by atoms with Gasteiger partial charge < -0.3 is 66.3 Å². The van der Waals surface area contributed by atoms with Crippen molar-refractivity contribution in [1.29, 1.82) is 0 Å². The Kier molecular flexibility index (Phi) is 57.0. The zero-order valence-corrected chi connectivity index (χ0v) is 67.0. The molecule has 0 N–H and O–H groups in total. The first-order chi connectivity index (χ1) is 56.0. The molecule has 77 heteroatoms. The van der Waals surface area contributed by atoms with Crippen LogP contribution in [0.15, 0.2) is 0 Å². The molecular weight excluding hydrogens is 2030 g/mol. The minimum absolute atomic E-state index is 0.549. The van der Waals surface area contributed by atoms with Crippen molar-refractivity contribution >= 4 is 90.6 Å². The van der Waals surface area contributed by atoms with E-state index in [9.17, 15) is 209 Å². The van der Waals surface area contributed by atoms with E-state index < -0.39 is 327 Å². The van der Waals surface area contributed by atoms with E-state index in [1.54, 1.807) is 0 Å². The van der Waals surface area contributed by atoms with Crippen LogP contribution in [0.4, 0.5) is 169 Å². The highest BCUT2D eigenvalue weighted by molar-refractivity contribution is 7.87. The summed E-state index contributed by atoms with van der Waals surface area (Å²) in [5.74, 6) is -26.0. The normalized spacial score (nSPS) is 20.4. The third-order valence-corrected chi connectivity index (χ3v) is 13.9. The van der Waals surface area contributed by atoms with Crippen molar-refractivity contribution in [1.82, 2.24) is 0 Å². The van der Waals surface area contributed by atoms with E-state index in [1.807, 2.05) is 13.8 Å². The van der Waals surface area contributed by atoms with Crippen LogP contribution in [0, 0.1) is 0 Å². The van der Waals surface area contributed by atoms with Crippen molar-refractivity contribution in [2.45, 2.75) is 186 Å². The van der Waals surface area contributed by atoms with Gasteiger partial charge in [-0.15, -0.1) is 3.89 Å². The van der Waals surface area contributed by atoms with Crippen molar-refractivity contribution in [2.24, 2.45) is 0 Å². The number of epoxide rings is 1. The summed E-state index contributed by atoms with van der Waals surface area (Å²) in [7, 11) is -21.8. The topological polar surface area (TPSA) is 407 Å². The van der Waals surface area contributed by atoms with Crippen LogP contribution < -0.4 is 0 Å². The van der Waals surface area contributed by atoms with Crippen molar-refractivity contribution in [2.75, 3.05) is 105 Å². The second kappa shape index (κ2) is 54.6. The summed E-state index contributed by atoms with van der Waals surface area (Å²) in [6, 6.07) is 0. The van der Waals surface area contributed by atoms with Gasteiger partial charge in [0, 0.05) is 13.2 Å².